The summed E-state index contributed by atoms with van der Waals surface area (Å²) in [5.41, 5.74) is 1.35. The number of piperidine rings is 1. The molecule has 2 atom stereocenters. The van der Waals surface area contributed by atoms with Gasteiger partial charge in [0, 0.05) is 26.8 Å². The largest absolute Gasteiger partial charge is 0.396 e. The van der Waals surface area contributed by atoms with Gasteiger partial charge in [-0.15, -0.1) is 0 Å². The summed E-state index contributed by atoms with van der Waals surface area (Å²) in [6.45, 7) is 3.32. The monoisotopic (exact) mass is 249 g/mol. The Hall–Kier alpha value is -0.900. The fourth-order valence-corrected chi connectivity index (χ4v) is 2.78. The standard InChI is InChI=1S/C15H23NO2/c1-18-15-12-16(9-7-14(15)8-10-17)11-13-5-3-2-4-6-13/h2-6,14-15,17H,7-12H2,1H3. The maximum absolute atomic E-state index is 9.06. The van der Waals surface area contributed by atoms with Crippen molar-refractivity contribution < 1.29 is 9.84 Å². The van der Waals surface area contributed by atoms with Gasteiger partial charge in [0.2, 0.25) is 0 Å². The number of hydrogen-bond acceptors (Lipinski definition) is 3. The lowest BCUT2D eigenvalue weighted by atomic mass is 9.90. The fraction of sp³-hybridized carbons (Fsp3) is 0.600. The van der Waals surface area contributed by atoms with Crippen molar-refractivity contribution in [2.24, 2.45) is 5.92 Å². The van der Waals surface area contributed by atoms with E-state index in [1.165, 1.54) is 5.56 Å². The third kappa shape index (κ3) is 3.55. The van der Waals surface area contributed by atoms with E-state index in [0.717, 1.165) is 32.5 Å². The average molecular weight is 249 g/mol. The third-order valence-electron chi connectivity index (χ3n) is 3.83. The van der Waals surface area contributed by atoms with E-state index in [2.05, 4.69) is 35.2 Å². The molecule has 1 fully saturated rings. The smallest absolute Gasteiger partial charge is 0.0727 e. The van der Waals surface area contributed by atoms with Gasteiger partial charge in [-0.3, -0.25) is 4.90 Å². The van der Waals surface area contributed by atoms with Crippen molar-refractivity contribution in [2.75, 3.05) is 26.8 Å². The second-order valence-electron chi connectivity index (χ2n) is 5.06. The first-order chi connectivity index (χ1) is 8.83. The van der Waals surface area contributed by atoms with E-state index in [1.807, 2.05) is 0 Å². The molecule has 3 nitrogen and oxygen atoms in total. The minimum Gasteiger partial charge on any atom is -0.396 e. The molecule has 1 N–H and O–H groups in total. The maximum Gasteiger partial charge on any atom is 0.0727 e. The Labute approximate surface area is 109 Å². The highest BCUT2D eigenvalue weighted by molar-refractivity contribution is 5.14. The Kier molecular flexibility index (Phi) is 5.17. The van der Waals surface area contributed by atoms with Gasteiger partial charge >= 0.3 is 0 Å². The van der Waals surface area contributed by atoms with E-state index in [1.54, 1.807) is 7.11 Å². The van der Waals surface area contributed by atoms with Crippen LogP contribution in [0.3, 0.4) is 0 Å². The lowest BCUT2D eigenvalue weighted by Crippen LogP contribution is -2.44. The number of ether oxygens (including phenoxy) is 1. The SMILES string of the molecule is COC1CN(Cc2ccccc2)CCC1CCO. The van der Waals surface area contributed by atoms with Crippen LogP contribution in [0.1, 0.15) is 18.4 Å². The van der Waals surface area contributed by atoms with Gasteiger partial charge in [-0.2, -0.15) is 0 Å². The molecule has 0 aliphatic carbocycles. The van der Waals surface area contributed by atoms with Crippen molar-refractivity contribution >= 4 is 0 Å². The van der Waals surface area contributed by atoms with Crippen LogP contribution >= 0.6 is 0 Å². The topological polar surface area (TPSA) is 32.7 Å². The van der Waals surface area contributed by atoms with E-state index in [9.17, 15) is 0 Å². The molecule has 2 unspecified atom stereocenters. The van der Waals surface area contributed by atoms with E-state index in [0.29, 0.717) is 5.92 Å². The molecule has 0 amide bonds. The van der Waals surface area contributed by atoms with Gasteiger partial charge in [-0.05, 0) is 30.9 Å². The summed E-state index contributed by atoms with van der Waals surface area (Å²) in [5, 5.41) is 9.06. The number of benzene rings is 1. The van der Waals surface area contributed by atoms with Crippen LogP contribution in [-0.2, 0) is 11.3 Å². The highest BCUT2D eigenvalue weighted by Crippen LogP contribution is 2.24. The van der Waals surface area contributed by atoms with Gasteiger partial charge in [0.25, 0.3) is 0 Å². The number of likely N-dealkylation sites (tertiary alicyclic amines) is 1. The summed E-state index contributed by atoms with van der Waals surface area (Å²) in [7, 11) is 1.78. The molecule has 1 aromatic carbocycles. The first-order valence-electron chi connectivity index (χ1n) is 6.73. The van der Waals surface area contributed by atoms with Crippen LogP contribution in [0.15, 0.2) is 30.3 Å². The average Bonchev–Trinajstić information content (AvgIpc) is 2.42. The van der Waals surface area contributed by atoms with Gasteiger partial charge in [0.1, 0.15) is 0 Å². The van der Waals surface area contributed by atoms with Gasteiger partial charge in [-0.25, -0.2) is 0 Å². The van der Waals surface area contributed by atoms with E-state index in [4.69, 9.17) is 9.84 Å². The first-order valence-corrected chi connectivity index (χ1v) is 6.73. The fourth-order valence-electron chi connectivity index (χ4n) is 2.78. The molecule has 0 spiro atoms. The lowest BCUT2D eigenvalue weighted by Gasteiger charge is -2.37. The number of aliphatic hydroxyl groups excluding tert-OH is 1. The molecule has 100 valence electrons. The highest BCUT2D eigenvalue weighted by atomic mass is 16.5. The quantitative estimate of drug-likeness (QED) is 0.865. The number of rotatable bonds is 5. The Balaban J connectivity index is 1.89. The summed E-state index contributed by atoms with van der Waals surface area (Å²) < 4.78 is 5.57. The van der Waals surface area contributed by atoms with E-state index >= 15 is 0 Å². The minimum absolute atomic E-state index is 0.259. The Morgan fingerprint density at radius 2 is 2.11 bits per heavy atom. The molecule has 1 aliphatic heterocycles. The van der Waals surface area contributed by atoms with Crippen LogP contribution in [0.25, 0.3) is 0 Å². The molecule has 0 aromatic heterocycles. The molecule has 2 rings (SSSR count). The van der Waals surface area contributed by atoms with Crippen LogP contribution in [0, 0.1) is 5.92 Å². The van der Waals surface area contributed by atoms with Crippen molar-refractivity contribution in [3.63, 3.8) is 0 Å². The summed E-state index contributed by atoms with van der Waals surface area (Å²) in [4.78, 5) is 2.44. The minimum atomic E-state index is 0.259. The van der Waals surface area contributed by atoms with E-state index < -0.39 is 0 Å². The number of methoxy groups -OCH3 is 1. The summed E-state index contributed by atoms with van der Waals surface area (Å²) in [5.74, 6) is 0.507. The second-order valence-corrected chi connectivity index (χ2v) is 5.06. The molecule has 0 bridgehead atoms. The maximum atomic E-state index is 9.06. The third-order valence-corrected chi connectivity index (χ3v) is 3.83. The van der Waals surface area contributed by atoms with Crippen molar-refractivity contribution in [1.29, 1.82) is 0 Å². The van der Waals surface area contributed by atoms with Crippen molar-refractivity contribution in [2.45, 2.75) is 25.5 Å². The summed E-state index contributed by atoms with van der Waals surface area (Å²) in [6, 6.07) is 10.6. The summed E-state index contributed by atoms with van der Waals surface area (Å²) >= 11 is 0. The number of nitrogens with zero attached hydrogens (tertiary/aromatic N) is 1. The zero-order chi connectivity index (χ0) is 12.8. The number of hydrogen-bond donors (Lipinski definition) is 1. The summed E-state index contributed by atoms with van der Waals surface area (Å²) in [6.07, 6.45) is 2.23. The first kappa shape index (κ1) is 13.5. The van der Waals surface area contributed by atoms with Gasteiger partial charge in [-0.1, -0.05) is 30.3 Å². The van der Waals surface area contributed by atoms with Crippen LogP contribution < -0.4 is 0 Å². The Morgan fingerprint density at radius 3 is 2.78 bits per heavy atom. The van der Waals surface area contributed by atoms with Crippen LogP contribution in [0.5, 0.6) is 0 Å². The van der Waals surface area contributed by atoms with Crippen LogP contribution in [-0.4, -0.2) is 42.9 Å². The van der Waals surface area contributed by atoms with Crippen LogP contribution in [0.4, 0.5) is 0 Å². The normalized spacial score (nSPS) is 25.2. The molecule has 18 heavy (non-hydrogen) atoms. The molecular formula is C15H23NO2. The molecule has 1 aromatic rings. The molecule has 1 saturated heterocycles. The predicted molar refractivity (Wildman–Crippen MR) is 72.3 cm³/mol. The molecular weight excluding hydrogens is 226 g/mol. The van der Waals surface area contributed by atoms with Crippen molar-refractivity contribution in [1.82, 2.24) is 4.90 Å². The molecule has 0 radical (unpaired) electrons. The van der Waals surface area contributed by atoms with Gasteiger partial charge in [0.05, 0.1) is 6.10 Å². The van der Waals surface area contributed by atoms with Gasteiger partial charge < -0.3 is 9.84 Å². The predicted octanol–water partition coefficient (Wildman–Crippen LogP) is 1.91. The molecule has 1 heterocycles. The molecule has 1 aliphatic rings. The zero-order valence-corrected chi connectivity index (χ0v) is 11.1. The number of aliphatic hydroxyl groups is 1. The van der Waals surface area contributed by atoms with Gasteiger partial charge in [0.15, 0.2) is 0 Å². The lowest BCUT2D eigenvalue weighted by molar-refractivity contribution is -0.0210. The van der Waals surface area contributed by atoms with E-state index in [-0.39, 0.29) is 12.7 Å². The zero-order valence-electron chi connectivity index (χ0n) is 11.1. The second kappa shape index (κ2) is 6.88. The van der Waals surface area contributed by atoms with Crippen LogP contribution in [0.2, 0.25) is 0 Å². The molecule has 0 saturated carbocycles. The van der Waals surface area contributed by atoms with Crippen molar-refractivity contribution in [3.8, 4) is 0 Å². The Bertz CT molecular complexity index is 342. The highest BCUT2D eigenvalue weighted by Gasteiger charge is 2.28. The molecule has 3 heteroatoms. The van der Waals surface area contributed by atoms with Crippen molar-refractivity contribution in [3.05, 3.63) is 35.9 Å². The Morgan fingerprint density at radius 1 is 1.33 bits per heavy atom.